The van der Waals surface area contributed by atoms with Crippen LogP contribution in [-0.4, -0.2) is 19.0 Å². The SMILES string of the molecule is C=C[C@H](OC(=O)CC(C)C)c1ccc(OC(=O)C(C)C)c(OC)c1. The van der Waals surface area contributed by atoms with E-state index in [1.165, 1.54) is 7.11 Å². The number of carbonyl (C=O) groups excluding carboxylic acids is 2. The second-order valence-corrected chi connectivity index (χ2v) is 6.23. The molecule has 0 N–H and O–H groups in total. The van der Waals surface area contributed by atoms with Gasteiger partial charge >= 0.3 is 11.9 Å². The molecular weight excluding hydrogens is 308 g/mol. The molecule has 0 unspecified atom stereocenters. The molecule has 1 rings (SSSR count). The molecule has 0 radical (unpaired) electrons. The van der Waals surface area contributed by atoms with Gasteiger partial charge in [0, 0.05) is 12.0 Å². The molecule has 1 aromatic rings. The number of benzene rings is 1. The maximum Gasteiger partial charge on any atom is 0.313 e. The van der Waals surface area contributed by atoms with Gasteiger partial charge in [0.2, 0.25) is 0 Å². The average molecular weight is 334 g/mol. The first-order valence-corrected chi connectivity index (χ1v) is 8.00. The first-order chi connectivity index (χ1) is 11.3. The predicted molar refractivity (Wildman–Crippen MR) is 92.0 cm³/mol. The molecule has 0 spiro atoms. The molecule has 0 aliphatic heterocycles. The molecule has 5 nitrogen and oxygen atoms in total. The van der Waals surface area contributed by atoms with Gasteiger partial charge in [0.05, 0.1) is 13.0 Å². The number of hydrogen-bond acceptors (Lipinski definition) is 5. The van der Waals surface area contributed by atoms with E-state index in [1.807, 2.05) is 13.8 Å². The molecule has 0 aliphatic rings. The van der Waals surface area contributed by atoms with Crippen molar-refractivity contribution < 1.29 is 23.8 Å². The van der Waals surface area contributed by atoms with E-state index < -0.39 is 6.10 Å². The van der Waals surface area contributed by atoms with E-state index in [9.17, 15) is 9.59 Å². The largest absolute Gasteiger partial charge is 0.493 e. The smallest absolute Gasteiger partial charge is 0.313 e. The van der Waals surface area contributed by atoms with Gasteiger partial charge in [0.1, 0.15) is 6.10 Å². The van der Waals surface area contributed by atoms with E-state index >= 15 is 0 Å². The number of carbonyl (C=O) groups is 2. The molecule has 24 heavy (non-hydrogen) atoms. The first-order valence-electron chi connectivity index (χ1n) is 8.00. The van der Waals surface area contributed by atoms with Crippen molar-refractivity contribution in [2.75, 3.05) is 7.11 Å². The highest BCUT2D eigenvalue weighted by atomic mass is 16.6. The van der Waals surface area contributed by atoms with Gasteiger partial charge in [-0.15, -0.1) is 0 Å². The lowest BCUT2D eigenvalue weighted by atomic mass is 10.1. The monoisotopic (exact) mass is 334 g/mol. The Morgan fingerprint density at radius 3 is 2.33 bits per heavy atom. The zero-order valence-corrected chi connectivity index (χ0v) is 15.0. The summed E-state index contributed by atoms with van der Waals surface area (Å²) < 4.78 is 16.0. The zero-order valence-electron chi connectivity index (χ0n) is 15.0. The van der Waals surface area contributed by atoms with Gasteiger partial charge in [-0.3, -0.25) is 9.59 Å². The molecule has 0 aromatic heterocycles. The summed E-state index contributed by atoms with van der Waals surface area (Å²) in [5, 5.41) is 0. The van der Waals surface area contributed by atoms with Crippen LogP contribution in [0, 0.1) is 11.8 Å². The van der Waals surface area contributed by atoms with E-state index in [0.29, 0.717) is 23.5 Å². The lowest BCUT2D eigenvalue weighted by molar-refractivity contribution is -0.148. The Hall–Kier alpha value is -2.30. The number of hydrogen-bond donors (Lipinski definition) is 0. The third kappa shape index (κ3) is 5.72. The zero-order chi connectivity index (χ0) is 18.3. The Labute approximate surface area is 143 Å². The normalized spacial score (nSPS) is 12.0. The Morgan fingerprint density at radius 1 is 1.17 bits per heavy atom. The molecule has 1 atom stereocenters. The standard InChI is InChI=1S/C19H26O5/c1-7-15(23-18(20)10-12(2)3)14-8-9-16(17(11-14)22-6)24-19(21)13(4)5/h7-9,11-13,15H,1,10H2,2-6H3/t15-/m0/s1. The minimum atomic E-state index is -0.583. The summed E-state index contributed by atoms with van der Waals surface area (Å²) in [6.45, 7) is 11.1. The van der Waals surface area contributed by atoms with Crippen LogP contribution in [0.15, 0.2) is 30.9 Å². The van der Waals surface area contributed by atoms with E-state index in [2.05, 4.69) is 6.58 Å². The van der Waals surface area contributed by atoms with Crippen LogP contribution in [-0.2, 0) is 14.3 Å². The van der Waals surface area contributed by atoms with Crippen LogP contribution >= 0.6 is 0 Å². The fourth-order valence-electron chi connectivity index (χ4n) is 1.95. The van der Waals surface area contributed by atoms with Crippen LogP contribution in [0.2, 0.25) is 0 Å². The lowest BCUT2D eigenvalue weighted by Crippen LogP contribution is -2.15. The Morgan fingerprint density at radius 2 is 1.83 bits per heavy atom. The third-order valence-corrected chi connectivity index (χ3v) is 3.25. The Balaban J connectivity index is 2.97. The third-order valence-electron chi connectivity index (χ3n) is 3.25. The average Bonchev–Trinajstić information content (AvgIpc) is 2.52. The van der Waals surface area contributed by atoms with Crippen LogP contribution in [0.1, 0.15) is 45.8 Å². The van der Waals surface area contributed by atoms with Crippen molar-refractivity contribution in [3.8, 4) is 11.5 Å². The maximum absolute atomic E-state index is 11.9. The summed E-state index contributed by atoms with van der Waals surface area (Å²) in [6.07, 6.45) is 1.30. The van der Waals surface area contributed by atoms with Gasteiger partial charge in [-0.1, -0.05) is 40.3 Å². The van der Waals surface area contributed by atoms with E-state index in [-0.39, 0.29) is 23.8 Å². The van der Waals surface area contributed by atoms with Crippen molar-refractivity contribution in [1.82, 2.24) is 0 Å². The van der Waals surface area contributed by atoms with Gasteiger partial charge in [-0.2, -0.15) is 0 Å². The van der Waals surface area contributed by atoms with Crippen LogP contribution in [0.4, 0.5) is 0 Å². The lowest BCUT2D eigenvalue weighted by Gasteiger charge is -2.17. The second kappa shape index (κ2) is 9.11. The van der Waals surface area contributed by atoms with Crippen LogP contribution in [0.25, 0.3) is 0 Å². The minimum Gasteiger partial charge on any atom is -0.493 e. The molecule has 0 saturated carbocycles. The molecule has 0 heterocycles. The summed E-state index contributed by atoms with van der Waals surface area (Å²) in [5.41, 5.74) is 0.698. The fourth-order valence-corrected chi connectivity index (χ4v) is 1.95. The maximum atomic E-state index is 11.9. The minimum absolute atomic E-state index is 0.218. The van der Waals surface area contributed by atoms with Gasteiger partial charge < -0.3 is 14.2 Å². The molecule has 0 amide bonds. The highest BCUT2D eigenvalue weighted by molar-refractivity contribution is 5.75. The number of rotatable bonds is 8. The van der Waals surface area contributed by atoms with Crippen molar-refractivity contribution in [3.05, 3.63) is 36.4 Å². The predicted octanol–water partition coefficient (Wildman–Crippen LogP) is 4.07. The van der Waals surface area contributed by atoms with Gasteiger partial charge in [0.25, 0.3) is 0 Å². The van der Waals surface area contributed by atoms with E-state index in [0.717, 1.165) is 0 Å². The van der Waals surface area contributed by atoms with Crippen LogP contribution in [0.5, 0.6) is 11.5 Å². The van der Waals surface area contributed by atoms with Crippen LogP contribution < -0.4 is 9.47 Å². The highest BCUT2D eigenvalue weighted by Gasteiger charge is 2.18. The summed E-state index contributed by atoms with van der Waals surface area (Å²) >= 11 is 0. The topological polar surface area (TPSA) is 61.8 Å². The summed E-state index contributed by atoms with van der Waals surface area (Å²) in [4.78, 5) is 23.6. The second-order valence-electron chi connectivity index (χ2n) is 6.23. The molecule has 132 valence electrons. The summed E-state index contributed by atoms with van der Waals surface area (Å²) in [5.74, 6) is 0.0704. The molecule has 5 heteroatoms. The number of methoxy groups -OCH3 is 1. The van der Waals surface area contributed by atoms with Crippen molar-refractivity contribution in [3.63, 3.8) is 0 Å². The molecule has 0 fully saturated rings. The Kier molecular flexibility index (Phi) is 7.49. The number of ether oxygens (including phenoxy) is 3. The van der Waals surface area contributed by atoms with E-state index in [1.54, 1.807) is 38.1 Å². The van der Waals surface area contributed by atoms with Crippen molar-refractivity contribution in [2.24, 2.45) is 11.8 Å². The molecule has 1 aromatic carbocycles. The van der Waals surface area contributed by atoms with Crippen molar-refractivity contribution >= 4 is 11.9 Å². The van der Waals surface area contributed by atoms with Gasteiger partial charge in [-0.05, 0) is 24.1 Å². The quantitative estimate of drug-likeness (QED) is 0.407. The molecule has 0 saturated heterocycles. The molecule has 0 bridgehead atoms. The van der Waals surface area contributed by atoms with Crippen molar-refractivity contribution in [1.29, 1.82) is 0 Å². The number of esters is 2. The van der Waals surface area contributed by atoms with Crippen molar-refractivity contribution in [2.45, 2.75) is 40.2 Å². The van der Waals surface area contributed by atoms with E-state index in [4.69, 9.17) is 14.2 Å². The summed E-state index contributed by atoms with van der Waals surface area (Å²) in [7, 11) is 1.49. The fraction of sp³-hybridized carbons (Fsp3) is 0.474. The van der Waals surface area contributed by atoms with Gasteiger partial charge in [-0.25, -0.2) is 0 Å². The molecule has 0 aliphatic carbocycles. The highest BCUT2D eigenvalue weighted by Crippen LogP contribution is 2.32. The summed E-state index contributed by atoms with van der Waals surface area (Å²) in [6, 6.07) is 5.03. The first kappa shape index (κ1) is 19.7. The van der Waals surface area contributed by atoms with Crippen LogP contribution in [0.3, 0.4) is 0 Å². The van der Waals surface area contributed by atoms with Gasteiger partial charge in [0.15, 0.2) is 11.5 Å². The molecular formula is C19H26O5. The Bertz CT molecular complexity index is 589.